The smallest absolute Gasteiger partial charge is 0.343 e. The molecule has 0 aliphatic heterocycles. The highest BCUT2D eigenvalue weighted by atomic mass is 16.5. The Hall–Kier alpha value is -3.40. The van der Waals surface area contributed by atoms with Gasteiger partial charge in [-0.25, -0.2) is 4.79 Å². The summed E-state index contributed by atoms with van der Waals surface area (Å²) in [7, 11) is 0. The van der Waals surface area contributed by atoms with E-state index in [0.29, 0.717) is 17.9 Å². The minimum Gasteiger partial charge on any atom is -0.494 e. The Morgan fingerprint density at radius 3 is 2.12 bits per heavy atom. The number of benzene rings is 3. The van der Waals surface area contributed by atoms with Crippen LogP contribution < -0.4 is 9.47 Å². The van der Waals surface area contributed by atoms with E-state index < -0.39 is 0 Å². The van der Waals surface area contributed by atoms with Gasteiger partial charge >= 0.3 is 5.97 Å². The molecule has 0 saturated heterocycles. The third-order valence-corrected chi connectivity index (χ3v) is 5.36. The van der Waals surface area contributed by atoms with Crippen LogP contribution >= 0.6 is 0 Å². The number of unbranched alkanes of at least 4 members (excludes halogenated alkanes) is 4. The lowest BCUT2D eigenvalue weighted by molar-refractivity contribution is 0.0734. The zero-order valence-corrected chi connectivity index (χ0v) is 19.6. The molecule has 0 aliphatic carbocycles. The Morgan fingerprint density at radius 2 is 1.45 bits per heavy atom. The van der Waals surface area contributed by atoms with Gasteiger partial charge in [0, 0.05) is 6.21 Å². The van der Waals surface area contributed by atoms with Crippen molar-refractivity contribution in [3.05, 3.63) is 89.5 Å². The molecule has 4 nitrogen and oxygen atoms in total. The van der Waals surface area contributed by atoms with Crippen LogP contribution in [-0.2, 0) is 6.42 Å². The van der Waals surface area contributed by atoms with E-state index in [-0.39, 0.29) is 5.97 Å². The van der Waals surface area contributed by atoms with Gasteiger partial charge < -0.3 is 9.47 Å². The number of aryl methyl sites for hydroxylation is 1. The number of esters is 1. The van der Waals surface area contributed by atoms with Gasteiger partial charge in [-0.2, -0.15) is 0 Å². The maximum Gasteiger partial charge on any atom is 0.343 e. The first-order valence-corrected chi connectivity index (χ1v) is 11.9. The van der Waals surface area contributed by atoms with Crippen molar-refractivity contribution in [3.8, 4) is 11.5 Å². The molecule has 0 N–H and O–H groups in total. The summed E-state index contributed by atoms with van der Waals surface area (Å²) in [5, 5.41) is 0. The third-order valence-electron chi connectivity index (χ3n) is 5.36. The minimum atomic E-state index is -0.347. The van der Waals surface area contributed by atoms with Crippen LogP contribution in [0.4, 0.5) is 5.69 Å². The minimum absolute atomic E-state index is 0.347. The number of aliphatic imine (C=N–C) groups is 1. The summed E-state index contributed by atoms with van der Waals surface area (Å²) in [6.45, 7) is 4.83. The van der Waals surface area contributed by atoms with Crippen molar-refractivity contribution in [2.45, 2.75) is 52.4 Å². The van der Waals surface area contributed by atoms with Crippen LogP contribution in [0.3, 0.4) is 0 Å². The second-order valence-electron chi connectivity index (χ2n) is 8.00. The lowest BCUT2D eigenvalue weighted by Gasteiger charge is -2.06. The first-order valence-electron chi connectivity index (χ1n) is 11.9. The van der Waals surface area contributed by atoms with E-state index >= 15 is 0 Å². The van der Waals surface area contributed by atoms with E-state index in [1.165, 1.54) is 37.7 Å². The highest BCUT2D eigenvalue weighted by molar-refractivity contribution is 5.91. The SMILES string of the molecule is CCCCCCCc1ccc(C(=O)Oc2ccc(C=Nc3ccc(OCC)cc3)cc2)cc1. The number of carbonyl (C=O) groups is 1. The maximum atomic E-state index is 12.5. The molecule has 0 amide bonds. The lowest BCUT2D eigenvalue weighted by Crippen LogP contribution is -2.08. The zero-order chi connectivity index (χ0) is 23.3. The van der Waals surface area contributed by atoms with E-state index in [1.807, 2.05) is 67.6 Å². The van der Waals surface area contributed by atoms with Crippen molar-refractivity contribution in [2.24, 2.45) is 4.99 Å². The van der Waals surface area contributed by atoms with Gasteiger partial charge in [0.2, 0.25) is 0 Å². The fourth-order valence-electron chi connectivity index (χ4n) is 3.47. The number of nitrogens with zero attached hydrogens (tertiary/aromatic N) is 1. The molecule has 3 aromatic rings. The monoisotopic (exact) mass is 443 g/mol. The number of hydrogen-bond acceptors (Lipinski definition) is 4. The summed E-state index contributed by atoms with van der Waals surface area (Å²) in [5.74, 6) is 0.998. The molecule has 33 heavy (non-hydrogen) atoms. The van der Waals surface area contributed by atoms with Crippen LogP contribution in [-0.4, -0.2) is 18.8 Å². The van der Waals surface area contributed by atoms with Crippen molar-refractivity contribution in [3.63, 3.8) is 0 Å². The molecule has 0 spiro atoms. The maximum absolute atomic E-state index is 12.5. The van der Waals surface area contributed by atoms with Gasteiger partial charge in [0.1, 0.15) is 11.5 Å². The Kier molecular flexibility index (Phi) is 9.71. The normalized spacial score (nSPS) is 11.0. The largest absolute Gasteiger partial charge is 0.494 e. The molecular weight excluding hydrogens is 410 g/mol. The van der Waals surface area contributed by atoms with E-state index in [0.717, 1.165) is 23.4 Å². The summed E-state index contributed by atoms with van der Waals surface area (Å²) in [5.41, 5.74) is 3.59. The topological polar surface area (TPSA) is 47.9 Å². The van der Waals surface area contributed by atoms with Gasteiger partial charge in [0.05, 0.1) is 17.9 Å². The average molecular weight is 444 g/mol. The Balaban J connectivity index is 1.49. The number of carbonyl (C=O) groups excluding carboxylic acids is 1. The molecule has 0 aromatic heterocycles. The van der Waals surface area contributed by atoms with E-state index in [1.54, 1.807) is 18.3 Å². The molecule has 4 heteroatoms. The van der Waals surface area contributed by atoms with Crippen LogP contribution in [0.1, 0.15) is 67.4 Å². The van der Waals surface area contributed by atoms with Crippen LogP contribution in [0, 0.1) is 0 Å². The Labute approximate surface area is 197 Å². The number of hydrogen-bond donors (Lipinski definition) is 0. The van der Waals surface area contributed by atoms with Gasteiger partial charge in [0.15, 0.2) is 0 Å². The number of ether oxygens (including phenoxy) is 2. The third kappa shape index (κ3) is 8.23. The van der Waals surface area contributed by atoms with Crippen molar-refractivity contribution in [2.75, 3.05) is 6.61 Å². The van der Waals surface area contributed by atoms with E-state index in [2.05, 4.69) is 11.9 Å². The summed E-state index contributed by atoms with van der Waals surface area (Å²) in [4.78, 5) is 16.9. The van der Waals surface area contributed by atoms with E-state index in [4.69, 9.17) is 9.47 Å². The molecule has 0 radical (unpaired) electrons. The molecular formula is C29H33NO3. The standard InChI is InChI=1S/C29H33NO3/c1-3-5-6-7-8-9-23-10-14-25(15-11-23)29(31)33-28-18-12-24(13-19-28)22-30-26-16-20-27(21-17-26)32-4-2/h10-22H,3-9H2,1-2H3. The molecule has 172 valence electrons. The van der Waals surface area contributed by atoms with Crippen molar-refractivity contribution in [1.29, 1.82) is 0 Å². The highest BCUT2D eigenvalue weighted by Crippen LogP contribution is 2.19. The molecule has 0 saturated carbocycles. The number of rotatable bonds is 12. The van der Waals surface area contributed by atoms with Crippen molar-refractivity contribution in [1.82, 2.24) is 0 Å². The second kappa shape index (κ2) is 13.2. The molecule has 0 heterocycles. The highest BCUT2D eigenvalue weighted by Gasteiger charge is 2.08. The molecule has 0 atom stereocenters. The molecule has 3 rings (SSSR count). The summed E-state index contributed by atoms with van der Waals surface area (Å²) < 4.78 is 11.0. The zero-order valence-electron chi connectivity index (χ0n) is 19.6. The summed E-state index contributed by atoms with van der Waals surface area (Å²) in [6.07, 6.45) is 9.16. The summed E-state index contributed by atoms with van der Waals surface area (Å²) >= 11 is 0. The molecule has 0 fully saturated rings. The van der Waals surface area contributed by atoms with Gasteiger partial charge in [-0.1, -0.05) is 44.7 Å². The molecule has 3 aromatic carbocycles. The van der Waals surface area contributed by atoms with Crippen LogP contribution in [0.25, 0.3) is 0 Å². The summed E-state index contributed by atoms with van der Waals surface area (Å²) in [6, 6.07) is 22.7. The van der Waals surface area contributed by atoms with Crippen LogP contribution in [0.5, 0.6) is 11.5 Å². The van der Waals surface area contributed by atoms with Gasteiger partial charge in [0.25, 0.3) is 0 Å². The lowest BCUT2D eigenvalue weighted by atomic mass is 10.0. The van der Waals surface area contributed by atoms with Crippen molar-refractivity contribution >= 4 is 17.9 Å². The predicted octanol–water partition coefficient (Wildman–Crippen LogP) is 7.57. The predicted molar refractivity (Wildman–Crippen MR) is 135 cm³/mol. The van der Waals surface area contributed by atoms with Gasteiger partial charge in [-0.3, -0.25) is 4.99 Å². The van der Waals surface area contributed by atoms with Crippen molar-refractivity contribution < 1.29 is 14.3 Å². The average Bonchev–Trinajstić information content (AvgIpc) is 2.85. The fraction of sp³-hybridized carbons (Fsp3) is 0.310. The first-order chi connectivity index (χ1) is 16.2. The quantitative estimate of drug-likeness (QED) is 0.125. The van der Waals surface area contributed by atoms with Crippen LogP contribution in [0.2, 0.25) is 0 Å². The first kappa shape index (κ1) is 24.2. The Morgan fingerprint density at radius 1 is 0.788 bits per heavy atom. The van der Waals surface area contributed by atoms with Gasteiger partial charge in [-0.05, 0) is 91.6 Å². The Bertz CT molecular complexity index is 1010. The molecule has 0 aliphatic rings. The molecule has 0 unspecified atom stereocenters. The van der Waals surface area contributed by atoms with E-state index in [9.17, 15) is 4.79 Å². The second-order valence-corrected chi connectivity index (χ2v) is 8.00. The van der Waals surface area contributed by atoms with Gasteiger partial charge in [-0.15, -0.1) is 0 Å². The fourth-order valence-corrected chi connectivity index (χ4v) is 3.47. The van der Waals surface area contributed by atoms with Crippen LogP contribution in [0.15, 0.2) is 77.8 Å². The molecule has 0 bridgehead atoms.